The lowest BCUT2D eigenvalue weighted by atomic mass is 9.96. The maximum absolute atomic E-state index is 11.6. The average molecular weight is 389 g/mol. The minimum absolute atomic E-state index is 0.246. The third-order valence-corrected chi connectivity index (χ3v) is 3.56. The van der Waals surface area contributed by atoms with Crippen molar-refractivity contribution in [1.82, 2.24) is 5.32 Å². The number of ether oxygens (including phenoxy) is 5. The van der Waals surface area contributed by atoms with Crippen LogP contribution in [0.2, 0.25) is 0 Å². The average Bonchev–Trinajstić information content (AvgIpc) is 2.54. The van der Waals surface area contributed by atoms with E-state index in [1.165, 1.54) is 27.7 Å². The molecule has 0 aromatic heterocycles. The smallest absolute Gasteiger partial charge is 0.303 e. The van der Waals surface area contributed by atoms with Gasteiger partial charge in [-0.25, -0.2) is 0 Å². The third-order valence-electron chi connectivity index (χ3n) is 3.56. The van der Waals surface area contributed by atoms with E-state index >= 15 is 0 Å². The van der Waals surface area contributed by atoms with Crippen LogP contribution < -0.4 is 5.32 Å². The van der Waals surface area contributed by atoms with Crippen molar-refractivity contribution in [2.75, 3.05) is 13.2 Å². The zero-order chi connectivity index (χ0) is 20.6. The number of esters is 3. The fraction of sp³-hybridized carbons (Fsp3) is 0.765. The Morgan fingerprint density at radius 3 is 2.00 bits per heavy atom. The molecule has 1 rings (SSSR count). The van der Waals surface area contributed by atoms with Crippen LogP contribution in [-0.2, 0) is 42.9 Å². The van der Waals surface area contributed by atoms with Crippen LogP contribution >= 0.6 is 0 Å². The van der Waals surface area contributed by atoms with Crippen molar-refractivity contribution < 1.29 is 42.9 Å². The summed E-state index contributed by atoms with van der Waals surface area (Å²) in [6.45, 7) is 6.83. The molecule has 10 heteroatoms. The molecule has 1 saturated heterocycles. The van der Waals surface area contributed by atoms with Gasteiger partial charge in [0, 0.05) is 34.3 Å². The molecule has 1 aliphatic heterocycles. The van der Waals surface area contributed by atoms with Crippen molar-refractivity contribution in [1.29, 1.82) is 0 Å². The highest BCUT2D eigenvalue weighted by atomic mass is 16.7. The van der Waals surface area contributed by atoms with E-state index in [1.54, 1.807) is 0 Å². The van der Waals surface area contributed by atoms with Gasteiger partial charge in [0.15, 0.2) is 18.5 Å². The standard InChI is InChI=1S/C17H27NO9/c1-6-7-23-17-14(18-9(2)19)16(26-12(5)22)15(25-11(4)21)13(27-17)8-24-10(3)20/h13-17H,6-8H2,1-5H3,(H,18,19)/t13?,14?,15-,16?,17+/m0/s1. The Bertz CT molecular complexity index is 551. The fourth-order valence-electron chi connectivity index (χ4n) is 2.67. The van der Waals surface area contributed by atoms with Gasteiger partial charge in [-0.1, -0.05) is 6.92 Å². The molecule has 0 radical (unpaired) electrons. The molecule has 1 amide bonds. The number of hydrogen-bond acceptors (Lipinski definition) is 9. The topological polar surface area (TPSA) is 126 Å². The van der Waals surface area contributed by atoms with Crippen LogP contribution in [0.5, 0.6) is 0 Å². The Hall–Kier alpha value is -2.20. The second kappa shape index (κ2) is 10.8. The quantitative estimate of drug-likeness (QED) is 0.453. The number of amides is 1. The zero-order valence-electron chi connectivity index (χ0n) is 16.2. The molecule has 10 nitrogen and oxygen atoms in total. The molecule has 0 aliphatic carbocycles. The molecule has 1 fully saturated rings. The highest BCUT2D eigenvalue weighted by molar-refractivity contribution is 5.73. The number of rotatable bonds is 8. The fourth-order valence-corrected chi connectivity index (χ4v) is 2.67. The molecule has 154 valence electrons. The van der Waals surface area contributed by atoms with E-state index < -0.39 is 54.5 Å². The van der Waals surface area contributed by atoms with Crippen LogP contribution in [0.25, 0.3) is 0 Å². The van der Waals surface area contributed by atoms with Gasteiger partial charge in [0.05, 0.1) is 0 Å². The van der Waals surface area contributed by atoms with Gasteiger partial charge < -0.3 is 29.0 Å². The molecule has 3 unspecified atom stereocenters. The van der Waals surface area contributed by atoms with Gasteiger partial charge >= 0.3 is 17.9 Å². The lowest BCUT2D eigenvalue weighted by molar-refractivity contribution is -0.277. The Kier molecular flexibility index (Phi) is 9.16. The van der Waals surface area contributed by atoms with E-state index in [0.29, 0.717) is 13.0 Å². The highest BCUT2D eigenvalue weighted by Gasteiger charge is 2.51. The van der Waals surface area contributed by atoms with Crippen molar-refractivity contribution in [2.24, 2.45) is 0 Å². The first-order valence-electron chi connectivity index (χ1n) is 8.67. The number of carbonyl (C=O) groups excluding carboxylic acids is 4. The predicted molar refractivity (Wildman–Crippen MR) is 90.2 cm³/mol. The summed E-state index contributed by atoms with van der Waals surface area (Å²) in [7, 11) is 0. The van der Waals surface area contributed by atoms with Crippen LogP contribution in [-0.4, -0.2) is 67.7 Å². The molecule has 1 aliphatic rings. The van der Waals surface area contributed by atoms with Gasteiger partial charge in [0.2, 0.25) is 5.91 Å². The maximum Gasteiger partial charge on any atom is 0.303 e. The number of carbonyl (C=O) groups is 4. The second-order valence-corrected chi connectivity index (χ2v) is 6.09. The molecular weight excluding hydrogens is 362 g/mol. The van der Waals surface area contributed by atoms with Crippen LogP contribution in [0.4, 0.5) is 0 Å². The van der Waals surface area contributed by atoms with Crippen molar-refractivity contribution in [2.45, 2.75) is 71.7 Å². The van der Waals surface area contributed by atoms with Gasteiger partial charge in [0.1, 0.15) is 18.8 Å². The summed E-state index contributed by atoms with van der Waals surface area (Å²) in [4.78, 5) is 46.0. The van der Waals surface area contributed by atoms with Crippen LogP contribution in [0.3, 0.4) is 0 Å². The molecule has 27 heavy (non-hydrogen) atoms. The molecule has 5 atom stereocenters. The lowest BCUT2D eigenvalue weighted by Crippen LogP contribution is -2.66. The van der Waals surface area contributed by atoms with Gasteiger partial charge in [-0.2, -0.15) is 0 Å². The van der Waals surface area contributed by atoms with E-state index in [4.69, 9.17) is 23.7 Å². The molecule has 0 spiro atoms. The molecule has 0 aromatic rings. The first kappa shape index (κ1) is 22.8. The maximum atomic E-state index is 11.6. The van der Waals surface area contributed by atoms with Crippen LogP contribution in [0.15, 0.2) is 0 Å². The third kappa shape index (κ3) is 7.51. The highest BCUT2D eigenvalue weighted by Crippen LogP contribution is 2.28. The largest absolute Gasteiger partial charge is 0.463 e. The molecule has 0 bridgehead atoms. The number of nitrogens with one attached hydrogen (secondary N) is 1. The summed E-state index contributed by atoms with van der Waals surface area (Å²) in [5.74, 6) is -2.26. The normalized spacial score (nSPS) is 27.4. The van der Waals surface area contributed by atoms with Gasteiger partial charge in [-0.15, -0.1) is 0 Å². The van der Waals surface area contributed by atoms with E-state index in [-0.39, 0.29) is 6.61 Å². The predicted octanol–water partition coefficient (Wildman–Crippen LogP) is 0.0691. The van der Waals surface area contributed by atoms with E-state index in [1.807, 2.05) is 6.92 Å². The molecule has 0 aromatic carbocycles. The Morgan fingerprint density at radius 2 is 1.52 bits per heavy atom. The van der Waals surface area contributed by atoms with Gasteiger partial charge in [-0.05, 0) is 6.42 Å². The summed E-state index contributed by atoms with van der Waals surface area (Å²) in [6, 6.07) is -0.920. The van der Waals surface area contributed by atoms with Gasteiger partial charge in [0.25, 0.3) is 0 Å². The van der Waals surface area contributed by atoms with Crippen molar-refractivity contribution >= 4 is 23.8 Å². The van der Waals surface area contributed by atoms with Crippen molar-refractivity contribution in [3.63, 3.8) is 0 Å². The van der Waals surface area contributed by atoms with Crippen molar-refractivity contribution in [3.05, 3.63) is 0 Å². The molecule has 1 N–H and O–H groups in total. The summed E-state index contributed by atoms with van der Waals surface area (Å²) < 4.78 is 27.0. The molecule has 1 heterocycles. The Balaban J connectivity index is 3.22. The zero-order valence-corrected chi connectivity index (χ0v) is 16.2. The Labute approximate surface area is 157 Å². The summed E-state index contributed by atoms with van der Waals surface area (Å²) >= 11 is 0. The summed E-state index contributed by atoms with van der Waals surface area (Å²) in [5.41, 5.74) is 0. The Morgan fingerprint density at radius 1 is 0.926 bits per heavy atom. The SMILES string of the molecule is CCCO[C@@H]1OC(COC(C)=O)[C@H](OC(C)=O)C(OC(C)=O)C1NC(C)=O. The van der Waals surface area contributed by atoms with Crippen LogP contribution in [0.1, 0.15) is 41.0 Å². The van der Waals surface area contributed by atoms with E-state index in [0.717, 1.165) is 0 Å². The second-order valence-electron chi connectivity index (χ2n) is 6.09. The summed E-state index contributed by atoms with van der Waals surface area (Å²) in [6.07, 6.45) is -3.47. The molecule has 0 saturated carbocycles. The minimum Gasteiger partial charge on any atom is -0.463 e. The lowest BCUT2D eigenvalue weighted by Gasteiger charge is -2.44. The van der Waals surface area contributed by atoms with E-state index in [2.05, 4.69) is 5.32 Å². The minimum atomic E-state index is -1.11. The van der Waals surface area contributed by atoms with Gasteiger partial charge in [-0.3, -0.25) is 19.2 Å². The van der Waals surface area contributed by atoms with Crippen molar-refractivity contribution in [3.8, 4) is 0 Å². The first-order chi connectivity index (χ1) is 12.6. The summed E-state index contributed by atoms with van der Waals surface area (Å²) in [5, 5.41) is 2.62. The van der Waals surface area contributed by atoms with E-state index in [9.17, 15) is 19.2 Å². The number of hydrogen-bond donors (Lipinski definition) is 1. The first-order valence-corrected chi connectivity index (χ1v) is 8.67. The molecular formula is C17H27NO9. The van der Waals surface area contributed by atoms with Crippen LogP contribution in [0, 0.1) is 0 Å². The monoisotopic (exact) mass is 389 g/mol.